The second kappa shape index (κ2) is 5.12. The number of hydrogen-bond donors (Lipinski definition) is 1. The van der Waals surface area contributed by atoms with Crippen molar-refractivity contribution in [2.24, 2.45) is 5.73 Å². The lowest BCUT2D eigenvalue weighted by Crippen LogP contribution is -2.52. The van der Waals surface area contributed by atoms with Crippen molar-refractivity contribution in [2.75, 3.05) is 39.8 Å². The Balaban J connectivity index is 1.89. The SMILES string of the molecule is CN1CCCC1CN1CC(CN)OCC1=O. The maximum Gasteiger partial charge on any atom is 0.248 e. The topological polar surface area (TPSA) is 58.8 Å². The highest BCUT2D eigenvalue weighted by Crippen LogP contribution is 2.17. The Labute approximate surface area is 96.5 Å². The Morgan fingerprint density at radius 3 is 3.00 bits per heavy atom. The Kier molecular flexibility index (Phi) is 3.78. The minimum absolute atomic E-state index is 0.0180. The molecule has 0 aliphatic carbocycles. The van der Waals surface area contributed by atoms with Gasteiger partial charge in [-0.3, -0.25) is 4.79 Å². The van der Waals surface area contributed by atoms with Gasteiger partial charge < -0.3 is 20.3 Å². The zero-order valence-electron chi connectivity index (χ0n) is 9.89. The second-order valence-electron chi connectivity index (χ2n) is 4.74. The molecule has 0 saturated carbocycles. The van der Waals surface area contributed by atoms with E-state index in [-0.39, 0.29) is 18.6 Å². The van der Waals surface area contributed by atoms with Gasteiger partial charge in [0.1, 0.15) is 6.61 Å². The Bertz CT molecular complexity index is 260. The van der Waals surface area contributed by atoms with Crippen molar-refractivity contribution < 1.29 is 9.53 Å². The lowest BCUT2D eigenvalue weighted by Gasteiger charge is -2.35. The molecule has 0 aromatic carbocycles. The minimum atomic E-state index is 0.0180. The molecule has 2 atom stereocenters. The summed E-state index contributed by atoms with van der Waals surface area (Å²) >= 11 is 0. The molecule has 1 amide bonds. The first kappa shape index (κ1) is 11.8. The molecule has 16 heavy (non-hydrogen) atoms. The number of likely N-dealkylation sites (N-methyl/N-ethyl adjacent to an activating group) is 1. The van der Waals surface area contributed by atoms with Crippen LogP contribution in [0.4, 0.5) is 0 Å². The molecule has 0 bridgehead atoms. The Morgan fingerprint density at radius 1 is 1.56 bits per heavy atom. The van der Waals surface area contributed by atoms with Crippen LogP contribution in [0, 0.1) is 0 Å². The molecule has 2 aliphatic rings. The number of hydrogen-bond acceptors (Lipinski definition) is 4. The molecule has 5 heteroatoms. The second-order valence-corrected chi connectivity index (χ2v) is 4.74. The van der Waals surface area contributed by atoms with Crippen LogP contribution >= 0.6 is 0 Å². The van der Waals surface area contributed by atoms with Crippen LogP contribution in [0.5, 0.6) is 0 Å². The molecule has 2 rings (SSSR count). The molecule has 0 spiro atoms. The van der Waals surface area contributed by atoms with E-state index in [0.29, 0.717) is 19.1 Å². The summed E-state index contributed by atoms with van der Waals surface area (Å²) in [5.74, 6) is 0.102. The predicted octanol–water partition coefficient (Wildman–Crippen LogP) is -0.733. The highest BCUT2D eigenvalue weighted by molar-refractivity contribution is 5.78. The molecule has 0 aromatic heterocycles. The van der Waals surface area contributed by atoms with Crippen LogP contribution in [0.1, 0.15) is 12.8 Å². The fourth-order valence-electron chi connectivity index (χ4n) is 2.46. The molecular weight excluding hydrogens is 206 g/mol. The molecule has 0 radical (unpaired) electrons. The van der Waals surface area contributed by atoms with Gasteiger partial charge in [-0.1, -0.05) is 0 Å². The fourth-order valence-corrected chi connectivity index (χ4v) is 2.46. The van der Waals surface area contributed by atoms with E-state index >= 15 is 0 Å². The van der Waals surface area contributed by atoms with Crippen LogP contribution in [-0.4, -0.2) is 67.7 Å². The van der Waals surface area contributed by atoms with Crippen LogP contribution in [0.2, 0.25) is 0 Å². The number of likely N-dealkylation sites (tertiary alicyclic amines) is 1. The number of carbonyl (C=O) groups excluding carboxylic acids is 1. The third kappa shape index (κ3) is 2.53. The summed E-state index contributed by atoms with van der Waals surface area (Å²) < 4.78 is 5.33. The molecule has 2 unspecified atom stereocenters. The van der Waals surface area contributed by atoms with Crippen molar-refractivity contribution in [1.82, 2.24) is 9.80 Å². The van der Waals surface area contributed by atoms with E-state index in [4.69, 9.17) is 10.5 Å². The summed E-state index contributed by atoms with van der Waals surface area (Å²) in [5, 5.41) is 0. The first-order valence-electron chi connectivity index (χ1n) is 6.00. The van der Waals surface area contributed by atoms with E-state index in [2.05, 4.69) is 11.9 Å². The largest absolute Gasteiger partial charge is 0.365 e. The fraction of sp³-hybridized carbons (Fsp3) is 0.909. The van der Waals surface area contributed by atoms with Gasteiger partial charge in [-0.25, -0.2) is 0 Å². The van der Waals surface area contributed by atoms with Gasteiger partial charge in [-0.05, 0) is 26.4 Å². The molecule has 5 nitrogen and oxygen atoms in total. The molecule has 92 valence electrons. The highest BCUT2D eigenvalue weighted by atomic mass is 16.5. The van der Waals surface area contributed by atoms with Gasteiger partial charge in [0.2, 0.25) is 5.91 Å². The van der Waals surface area contributed by atoms with E-state index in [1.807, 2.05) is 4.90 Å². The van der Waals surface area contributed by atoms with Crippen molar-refractivity contribution in [3.63, 3.8) is 0 Å². The average Bonchev–Trinajstić information content (AvgIpc) is 2.68. The molecule has 0 aromatic rings. The first-order chi connectivity index (χ1) is 7.70. The number of ether oxygens (including phenoxy) is 1. The summed E-state index contributed by atoms with van der Waals surface area (Å²) in [5.41, 5.74) is 5.57. The van der Waals surface area contributed by atoms with Crippen LogP contribution in [0.15, 0.2) is 0 Å². The van der Waals surface area contributed by atoms with E-state index in [1.54, 1.807) is 0 Å². The molecule has 2 N–H and O–H groups in total. The van der Waals surface area contributed by atoms with Gasteiger partial charge in [0.15, 0.2) is 0 Å². The van der Waals surface area contributed by atoms with Gasteiger partial charge in [0.05, 0.1) is 6.10 Å². The van der Waals surface area contributed by atoms with E-state index in [0.717, 1.165) is 13.1 Å². The van der Waals surface area contributed by atoms with Gasteiger partial charge in [0, 0.05) is 25.7 Å². The van der Waals surface area contributed by atoms with E-state index < -0.39 is 0 Å². The third-order valence-corrected chi connectivity index (χ3v) is 3.58. The van der Waals surface area contributed by atoms with E-state index in [1.165, 1.54) is 12.8 Å². The number of nitrogens with two attached hydrogens (primary N) is 1. The van der Waals surface area contributed by atoms with Crippen molar-refractivity contribution in [3.8, 4) is 0 Å². The maximum atomic E-state index is 11.7. The quantitative estimate of drug-likeness (QED) is 0.690. The lowest BCUT2D eigenvalue weighted by molar-refractivity contribution is -0.149. The average molecular weight is 227 g/mol. The van der Waals surface area contributed by atoms with Crippen LogP contribution in [0.3, 0.4) is 0 Å². The van der Waals surface area contributed by atoms with Gasteiger partial charge in [0.25, 0.3) is 0 Å². The summed E-state index contributed by atoms with van der Waals surface area (Å²) in [6.07, 6.45) is 2.44. The van der Waals surface area contributed by atoms with Crippen molar-refractivity contribution in [2.45, 2.75) is 25.0 Å². The summed E-state index contributed by atoms with van der Waals surface area (Å²) in [4.78, 5) is 15.9. The van der Waals surface area contributed by atoms with Crippen LogP contribution in [-0.2, 0) is 9.53 Å². The molecule has 2 aliphatic heterocycles. The zero-order valence-corrected chi connectivity index (χ0v) is 9.89. The maximum absolute atomic E-state index is 11.7. The normalized spacial score (nSPS) is 32.4. The Hall–Kier alpha value is -0.650. The number of morpholine rings is 1. The standard InChI is InChI=1S/C11H21N3O2/c1-13-4-2-3-9(13)6-14-7-10(5-12)16-8-11(14)15/h9-10H,2-8,12H2,1H3. The zero-order chi connectivity index (χ0) is 11.5. The monoisotopic (exact) mass is 227 g/mol. The van der Waals surface area contributed by atoms with Gasteiger partial charge in [-0.15, -0.1) is 0 Å². The van der Waals surface area contributed by atoms with Gasteiger partial charge >= 0.3 is 0 Å². The van der Waals surface area contributed by atoms with Crippen molar-refractivity contribution in [1.29, 1.82) is 0 Å². The summed E-state index contributed by atoms with van der Waals surface area (Å²) in [6.45, 7) is 3.31. The van der Waals surface area contributed by atoms with Crippen LogP contribution < -0.4 is 5.73 Å². The molecule has 2 saturated heterocycles. The number of amides is 1. The minimum Gasteiger partial charge on any atom is -0.365 e. The van der Waals surface area contributed by atoms with Crippen molar-refractivity contribution in [3.05, 3.63) is 0 Å². The number of carbonyl (C=O) groups is 1. The summed E-state index contributed by atoms with van der Waals surface area (Å²) in [7, 11) is 2.13. The molecule has 2 fully saturated rings. The predicted molar refractivity (Wildman–Crippen MR) is 61.0 cm³/mol. The van der Waals surface area contributed by atoms with Crippen LogP contribution in [0.25, 0.3) is 0 Å². The first-order valence-corrected chi connectivity index (χ1v) is 6.00. The van der Waals surface area contributed by atoms with Gasteiger partial charge in [-0.2, -0.15) is 0 Å². The molecular formula is C11H21N3O2. The number of rotatable bonds is 3. The molecule has 2 heterocycles. The smallest absolute Gasteiger partial charge is 0.248 e. The summed E-state index contributed by atoms with van der Waals surface area (Å²) in [6, 6.07) is 0.514. The third-order valence-electron chi connectivity index (χ3n) is 3.58. The Morgan fingerprint density at radius 2 is 2.38 bits per heavy atom. The number of nitrogens with zero attached hydrogens (tertiary/aromatic N) is 2. The van der Waals surface area contributed by atoms with Crippen molar-refractivity contribution >= 4 is 5.91 Å². The highest BCUT2D eigenvalue weighted by Gasteiger charge is 2.30. The van der Waals surface area contributed by atoms with E-state index in [9.17, 15) is 4.79 Å². The lowest BCUT2D eigenvalue weighted by atomic mass is 10.2.